The second kappa shape index (κ2) is 7.57. The summed E-state index contributed by atoms with van der Waals surface area (Å²) in [5.74, 6) is 1.44. The number of benzene rings is 1. The van der Waals surface area contributed by atoms with Gasteiger partial charge in [0.2, 0.25) is 11.8 Å². The number of amides is 2. The fourth-order valence-electron chi connectivity index (χ4n) is 3.32. The van der Waals surface area contributed by atoms with Crippen LogP contribution < -0.4 is 5.32 Å². The Morgan fingerprint density at radius 2 is 2.12 bits per heavy atom. The first-order valence-corrected chi connectivity index (χ1v) is 9.64. The van der Waals surface area contributed by atoms with E-state index in [1.807, 2.05) is 30.3 Å². The van der Waals surface area contributed by atoms with Gasteiger partial charge in [-0.1, -0.05) is 30.3 Å². The summed E-state index contributed by atoms with van der Waals surface area (Å²) in [5.41, 5.74) is 0.170. The summed E-state index contributed by atoms with van der Waals surface area (Å²) >= 11 is 1.71. The summed E-state index contributed by atoms with van der Waals surface area (Å²) in [7, 11) is 0. The van der Waals surface area contributed by atoms with E-state index < -0.39 is 11.6 Å². The molecule has 6 heteroatoms. The molecule has 2 atom stereocenters. The van der Waals surface area contributed by atoms with Gasteiger partial charge in [0.25, 0.3) is 0 Å². The third-order valence-electron chi connectivity index (χ3n) is 4.75. The highest BCUT2D eigenvalue weighted by molar-refractivity contribution is 7.99. The minimum atomic E-state index is -0.794. The van der Waals surface area contributed by atoms with Crippen molar-refractivity contribution >= 4 is 23.6 Å². The second-order valence-corrected chi connectivity index (χ2v) is 7.76. The van der Waals surface area contributed by atoms with E-state index in [0.29, 0.717) is 31.6 Å². The predicted molar refractivity (Wildman–Crippen MR) is 94.8 cm³/mol. The van der Waals surface area contributed by atoms with E-state index in [0.717, 1.165) is 17.7 Å². The van der Waals surface area contributed by atoms with Gasteiger partial charge in [0.1, 0.15) is 6.04 Å². The van der Waals surface area contributed by atoms with Crippen LogP contribution in [-0.4, -0.2) is 58.1 Å². The zero-order chi connectivity index (χ0) is 17.0. The second-order valence-electron chi connectivity index (χ2n) is 6.65. The largest absolute Gasteiger partial charge is 0.387 e. The maximum atomic E-state index is 12.5. The van der Waals surface area contributed by atoms with Gasteiger partial charge in [-0.15, -0.1) is 0 Å². The van der Waals surface area contributed by atoms with Gasteiger partial charge < -0.3 is 15.3 Å². The number of hydrogen-bond acceptors (Lipinski definition) is 4. The first-order chi connectivity index (χ1) is 11.6. The van der Waals surface area contributed by atoms with Crippen molar-refractivity contribution in [3.05, 3.63) is 35.9 Å². The highest BCUT2D eigenvalue weighted by Gasteiger charge is 2.36. The lowest BCUT2D eigenvalue weighted by atomic mass is 10.0. The van der Waals surface area contributed by atoms with Gasteiger partial charge in [-0.25, -0.2) is 0 Å². The molecule has 0 aromatic heterocycles. The van der Waals surface area contributed by atoms with Gasteiger partial charge in [-0.3, -0.25) is 9.59 Å². The number of likely N-dealkylation sites (tertiary alicyclic amines) is 1. The van der Waals surface area contributed by atoms with Gasteiger partial charge in [0.05, 0.1) is 12.0 Å². The van der Waals surface area contributed by atoms with Gasteiger partial charge in [-0.05, 0) is 30.6 Å². The molecule has 3 rings (SSSR count). The fourth-order valence-corrected chi connectivity index (χ4v) is 4.61. The molecule has 130 valence electrons. The van der Waals surface area contributed by atoms with Crippen LogP contribution in [0, 0.1) is 0 Å². The van der Waals surface area contributed by atoms with Crippen LogP contribution in [0.5, 0.6) is 0 Å². The summed E-state index contributed by atoms with van der Waals surface area (Å²) in [5, 5.41) is 13.2. The summed E-state index contributed by atoms with van der Waals surface area (Å²) < 4.78 is 0. The molecule has 0 aliphatic carbocycles. The van der Waals surface area contributed by atoms with Crippen LogP contribution in [0.15, 0.2) is 30.3 Å². The monoisotopic (exact) mass is 348 g/mol. The van der Waals surface area contributed by atoms with Crippen LogP contribution in [0.4, 0.5) is 0 Å². The Bertz CT molecular complexity index is 587. The number of aliphatic hydroxyl groups is 1. The minimum Gasteiger partial charge on any atom is -0.387 e. The molecule has 2 saturated heterocycles. The molecule has 2 heterocycles. The van der Waals surface area contributed by atoms with Crippen LogP contribution >= 0.6 is 11.8 Å². The van der Waals surface area contributed by atoms with Gasteiger partial charge in [-0.2, -0.15) is 11.8 Å². The Morgan fingerprint density at radius 3 is 2.83 bits per heavy atom. The Labute approximate surface area is 146 Å². The fraction of sp³-hybridized carbons (Fsp3) is 0.556. The molecule has 24 heavy (non-hydrogen) atoms. The van der Waals surface area contributed by atoms with E-state index in [2.05, 4.69) is 5.32 Å². The van der Waals surface area contributed by atoms with Crippen molar-refractivity contribution in [3.8, 4) is 0 Å². The van der Waals surface area contributed by atoms with Crippen molar-refractivity contribution in [1.82, 2.24) is 10.2 Å². The van der Waals surface area contributed by atoms with Gasteiger partial charge >= 0.3 is 0 Å². The van der Waals surface area contributed by atoms with Gasteiger partial charge in [0.15, 0.2) is 0 Å². The number of nitrogens with zero attached hydrogens (tertiary/aromatic N) is 1. The normalized spacial score (nSPS) is 26.5. The molecular formula is C18H24N2O3S. The Morgan fingerprint density at radius 1 is 1.33 bits per heavy atom. The quantitative estimate of drug-likeness (QED) is 0.839. The molecule has 0 spiro atoms. The van der Waals surface area contributed by atoms with E-state index in [9.17, 15) is 14.7 Å². The molecule has 5 nitrogen and oxygen atoms in total. The van der Waals surface area contributed by atoms with Crippen LogP contribution in [-0.2, 0) is 16.0 Å². The zero-order valence-electron chi connectivity index (χ0n) is 13.7. The van der Waals surface area contributed by atoms with E-state index in [-0.39, 0.29) is 18.4 Å². The molecule has 2 amide bonds. The number of carbonyl (C=O) groups excluding carboxylic acids is 2. The molecule has 1 aromatic carbocycles. The Balaban J connectivity index is 1.56. The summed E-state index contributed by atoms with van der Waals surface area (Å²) in [6, 6.07) is 9.20. The number of thioether (sulfide) groups is 1. The molecule has 2 fully saturated rings. The Kier molecular flexibility index (Phi) is 5.46. The van der Waals surface area contributed by atoms with E-state index in [4.69, 9.17) is 0 Å². The Hall–Kier alpha value is -1.53. The molecule has 0 radical (unpaired) electrons. The maximum absolute atomic E-state index is 12.5. The molecule has 2 aliphatic heterocycles. The lowest BCUT2D eigenvalue weighted by Crippen LogP contribution is -2.50. The smallest absolute Gasteiger partial charge is 0.242 e. The molecule has 2 aliphatic rings. The van der Waals surface area contributed by atoms with Crippen LogP contribution in [0.1, 0.15) is 24.8 Å². The molecule has 0 unspecified atom stereocenters. The summed E-state index contributed by atoms with van der Waals surface area (Å²) in [4.78, 5) is 26.7. The van der Waals surface area contributed by atoms with Crippen LogP contribution in [0.3, 0.4) is 0 Å². The van der Waals surface area contributed by atoms with Crippen molar-refractivity contribution in [3.63, 3.8) is 0 Å². The third kappa shape index (κ3) is 4.11. The highest BCUT2D eigenvalue weighted by atomic mass is 32.2. The van der Waals surface area contributed by atoms with Crippen molar-refractivity contribution in [2.45, 2.75) is 37.3 Å². The van der Waals surface area contributed by atoms with E-state index >= 15 is 0 Å². The topological polar surface area (TPSA) is 69.6 Å². The number of carbonyl (C=O) groups is 2. The SMILES string of the molecule is O=C(NC[C@]1(O)CCSC1)[C@@H]1CCCN1C(=O)Cc1ccccc1. The molecule has 1 aromatic rings. The van der Waals surface area contributed by atoms with E-state index in [1.54, 1.807) is 16.7 Å². The van der Waals surface area contributed by atoms with Crippen molar-refractivity contribution in [1.29, 1.82) is 0 Å². The van der Waals surface area contributed by atoms with Crippen LogP contribution in [0.25, 0.3) is 0 Å². The number of hydrogen-bond donors (Lipinski definition) is 2. The summed E-state index contributed by atoms with van der Waals surface area (Å²) in [6.07, 6.45) is 2.57. The van der Waals surface area contributed by atoms with Crippen molar-refractivity contribution in [2.75, 3.05) is 24.6 Å². The van der Waals surface area contributed by atoms with Gasteiger partial charge in [0, 0.05) is 18.8 Å². The van der Waals surface area contributed by atoms with Crippen molar-refractivity contribution in [2.24, 2.45) is 0 Å². The molecule has 0 bridgehead atoms. The molecule has 2 N–H and O–H groups in total. The predicted octanol–water partition coefficient (Wildman–Crippen LogP) is 1.20. The highest BCUT2D eigenvalue weighted by Crippen LogP contribution is 2.27. The first kappa shape index (κ1) is 17.3. The van der Waals surface area contributed by atoms with Crippen molar-refractivity contribution < 1.29 is 14.7 Å². The number of rotatable bonds is 5. The first-order valence-electron chi connectivity index (χ1n) is 8.49. The molecular weight excluding hydrogens is 324 g/mol. The zero-order valence-corrected chi connectivity index (χ0v) is 14.6. The average molecular weight is 348 g/mol. The lowest BCUT2D eigenvalue weighted by molar-refractivity contribution is -0.138. The number of nitrogens with one attached hydrogen (secondary N) is 1. The average Bonchev–Trinajstić information content (AvgIpc) is 3.23. The lowest BCUT2D eigenvalue weighted by Gasteiger charge is -2.27. The standard InChI is InChI=1S/C18H24N2O3S/c21-16(11-14-5-2-1-3-6-14)20-9-4-7-15(20)17(22)19-12-18(23)8-10-24-13-18/h1-3,5-6,15,23H,4,7-13H2,(H,19,22)/t15-,18+/m0/s1. The van der Waals surface area contributed by atoms with Crippen LogP contribution in [0.2, 0.25) is 0 Å². The third-order valence-corrected chi connectivity index (χ3v) is 5.98. The minimum absolute atomic E-state index is 0.00557. The maximum Gasteiger partial charge on any atom is 0.242 e. The summed E-state index contributed by atoms with van der Waals surface area (Å²) in [6.45, 7) is 0.903. The molecule has 0 saturated carbocycles. The van der Waals surface area contributed by atoms with E-state index in [1.165, 1.54) is 0 Å².